The van der Waals surface area contributed by atoms with Crippen molar-refractivity contribution in [3.8, 4) is 5.75 Å². The van der Waals surface area contributed by atoms with Crippen LogP contribution < -0.4 is 15.4 Å². The molecule has 24 heavy (non-hydrogen) atoms. The lowest BCUT2D eigenvalue weighted by Gasteiger charge is -2.28. The van der Waals surface area contributed by atoms with E-state index in [1.54, 1.807) is 37.3 Å². The first-order chi connectivity index (χ1) is 11.6. The van der Waals surface area contributed by atoms with Crippen LogP contribution in [0.1, 0.15) is 18.5 Å². The molecule has 0 aromatic heterocycles. The Morgan fingerprint density at radius 1 is 1.21 bits per heavy atom. The van der Waals surface area contributed by atoms with E-state index in [9.17, 15) is 9.59 Å². The van der Waals surface area contributed by atoms with Gasteiger partial charge in [0.1, 0.15) is 19.0 Å². The van der Waals surface area contributed by atoms with Crippen LogP contribution in [-0.4, -0.2) is 25.2 Å². The third-order valence-corrected chi connectivity index (χ3v) is 3.40. The molecule has 0 radical (unpaired) electrons. The van der Waals surface area contributed by atoms with Gasteiger partial charge in [-0.25, -0.2) is 9.59 Å². The highest BCUT2D eigenvalue weighted by Gasteiger charge is 2.32. The van der Waals surface area contributed by atoms with Crippen molar-refractivity contribution in [2.45, 2.75) is 13.0 Å². The lowest BCUT2D eigenvalue weighted by Crippen LogP contribution is -2.45. The molecule has 1 aromatic carbocycles. The quantitative estimate of drug-likeness (QED) is 0.596. The lowest BCUT2D eigenvalue weighted by atomic mass is 9.95. The smallest absolute Gasteiger partial charge is 0.338 e. The fourth-order valence-electron chi connectivity index (χ4n) is 2.34. The third kappa shape index (κ3) is 4.04. The molecule has 6 nitrogen and oxygen atoms in total. The van der Waals surface area contributed by atoms with Gasteiger partial charge in [0.25, 0.3) is 0 Å². The molecular weight excluding hydrogens is 308 g/mol. The maximum Gasteiger partial charge on any atom is 0.338 e. The largest absolute Gasteiger partial charge is 0.490 e. The fraction of sp³-hybridized carbons (Fsp3) is 0.222. The Balaban J connectivity index is 2.28. The lowest BCUT2D eigenvalue weighted by molar-refractivity contribution is -0.138. The van der Waals surface area contributed by atoms with Gasteiger partial charge in [0, 0.05) is 5.70 Å². The molecule has 1 heterocycles. The van der Waals surface area contributed by atoms with Crippen molar-refractivity contribution in [1.29, 1.82) is 0 Å². The zero-order valence-electron chi connectivity index (χ0n) is 13.5. The van der Waals surface area contributed by atoms with Crippen LogP contribution in [0.25, 0.3) is 0 Å². The molecular formula is C18H20N2O4. The van der Waals surface area contributed by atoms with Crippen molar-refractivity contribution < 1.29 is 19.1 Å². The molecule has 1 aliphatic heterocycles. The van der Waals surface area contributed by atoms with Crippen LogP contribution in [0.2, 0.25) is 0 Å². The molecule has 1 aliphatic rings. The number of hydrogen-bond acceptors (Lipinski definition) is 4. The Hall–Kier alpha value is -3.02. The predicted molar refractivity (Wildman–Crippen MR) is 90.4 cm³/mol. The summed E-state index contributed by atoms with van der Waals surface area (Å²) in [6.45, 7) is 9.28. The average Bonchev–Trinajstić information content (AvgIpc) is 2.57. The van der Waals surface area contributed by atoms with Crippen LogP contribution in [-0.2, 0) is 9.53 Å². The third-order valence-electron chi connectivity index (χ3n) is 3.40. The Kier molecular flexibility index (Phi) is 5.78. The van der Waals surface area contributed by atoms with Gasteiger partial charge in [-0.1, -0.05) is 37.4 Å². The van der Waals surface area contributed by atoms with Crippen LogP contribution in [0.3, 0.4) is 0 Å². The number of esters is 1. The van der Waals surface area contributed by atoms with Crippen LogP contribution >= 0.6 is 0 Å². The van der Waals surface area contributed by atoms with Gasteiger partial charge in [0.05, 0.1) is 11.6 Å². The number of nitrogens with one attached hydrogen (secondary N) is 2. The van der Waals surface area contributed by atoms with E-state index in [1.165, 1.54) is 6.08 Å². The number of benzene rings is 1. The van der Waals surface area contributed by atoms with Crippen molar-refractivity contribution >= 4 is 12.0 Å². The Morgan fingerprint density at radius 2 is 1.88 bits per heavy atom. The number of urea groups is 1. The number of ether oxygens (including phenoxy) is 2. The van der Waals surface area contributed by atoms with Crippen LogP contribution in [0, 0.1) is 0 Å². The zero-order chi connectivity index (χ0) is 17.5. The minimum absolute atomic E-state index is 0.102. The van der Waals surface area contributed by atoms with Gasteiger partial charge in [0.15, 0.2) is 0 Å². The number of rotatable bonds is 7. The van der Waals surface area contributed by atoms with Crippen LogP contribution in [0.4, 0.5) is 4.79 Å². The van der Waals surface area contributed by atoms with Crippen molar-refractivity contribution in [2.24, 2.45) is 0 Å². The van der Waals surface area contributed by atoms with Crippen molar-refractivity contribution in [3.63, 3.8) is 0 Å². The fourth-order valence-corrected chi connectivity index (χ4v) is 2.34. The van der Waals surface area contributed by atoms with E-state index in [4.69, 9.17) is 9.47 Å². The summed E-state index contributed by atoms with van der Waals surface area (Å²) in [5.41, 5.74) is 1.57. The zero-order valence-corrected chi connectivity index (χ0v) is 13.5. The molecule has 126 valence electrons. The van der Waals surface area contributed by atoms with Gasteiger partial charge >= 0.3 is 12.0 Å². The maximum atomic E-state index is 12.3. The number of hydrogen-bond donors (Lipinski definition) is 2. The van der Waals surface area contributed by atoms with Crippen molar-refractivity contribution in [3.05, 3.63) is 66.4 Å². The predicted octanol–water partition coefficient (Wildman–Crippen LogP) is 2.61. The first kappa shape index (κ1) is 17.3. The highest BCUT2D eigenvalue weighted by atomic mass is 16.5. The minimum atomic E-state index is -0.593. The van der Waals surface area contributed by atoms with Crippen LogP contribution in [0.5, 0.6) is 5.75 Å². The Morgan fingerprint density at radius 3 is 2.50 bits per heavy atom. The highest BCUT2D eigenvalue weighted by molar-refractivity contribution is 5.95. The monoisotopic (exact) mass is 328 g/mol. The van der Waals surface area contributed by atoms with E-state index in [1.807, 2.05) is 0 Å². The number of amides is 2. The molecule has 0 unspecified atom stereocenters. The van der Waals surface area contributed by atoms with Gasteiger partial charge in [-0.2, -0.15) is 0 Å². The number of carbonyl (C=O) groups is 2. The van der Waals surface area contributed by atoms with E-state index in [0.717, 1.165) is 5.56 Å². The molecule has 0 saturated heterocycles. The summed E-state index contributed by atoms with van der Waals surface area (Å²) in [6, 6.07) is 6.17. The first-order valence-corrected chi connectivity index (χ1v) is 7.46. The van der Waals surface area contributed by atoms with Gasteiger partial charge in [-0.3, -0.25) is 0 Å². The Labute approximate surface area is 140 Å². The molecule has 0 fully saturated rings. The Bertz CT molecular complexity index is 677. The normalized spacial score (nSPS) is 16.7. The summed E-state index contributed by atoms with van der Waals surface area (Å²) in [5, 5.41) is 5.33. The highest BCUT2D eigenvalue weighted by Crippen LogP contribution is 2.28. The minimum Gasteiger partial charge on any atom is -0.490 e. The van der Waals surface area contributed by atoms with E-state index in [2.05, 4.69) is 23.8 Å². The van der Waals surface area contributed by atoms with Gasteiger partial charge in [0.2, 0.25) is 0 Å². The van der Waals surface area contributed by atoms with E-state index in [0.29, 0.717) is 23.6 Å². The number of carbonyl (C=O) groups excluding carboxylic acids is 2. The molecule has 6 heteroatoms. The molecule has 2 amide bonds. The average molecular weight is 328 g/mol. The molecule has 0 saturated carbocycles. The topological polar surface area (TPSA) is 76.7 Å². The second-order valence-electron chi connectivity index (χ2n) is 5.13. The second-order valence-corrected chi connectivity index (χ2v) is 5.13. The maximum absolute atomic E-state index is 12.3. The molecule has 2 rings (SSSR count). The SMILES string of the molecule is C=CCOC(=O)C1=C(C)NC(=O)N[C@@H]1c1ccc(OCC=C)cc1. The summed E-state index contributed by atoms with van der Waals surface area (Å²) < 4.78 is 10.6. The molecule has 0 aliphatic carbocycles. The van der Waals surface area contributed by atoms with E-state index >= 15 is 0 Å². The summed E-state index contributed by atoms with van der Waals surface area (Å²) in [7, 11) is 0. The van der Waals surface area contributed by atoms with Crippen LogP contribution in [0.15, 0.2) is 60.8 Å². The summed E-state index contributed by atoms with van der Waals surface area (Å²) in [4.78, 5) is 24.1. The standard InChI is InChI=1S/C18H20N2O4/c1-4-10-23-14-8-6-13(7-9-14)16-15(17(21)24-11-5-2)12(3)19-18(22)20-16/h4-9,16H,1-2,10-11H2,3H3,(H2,19,20,22)/t16-/m1/s1. The molecule has 0 bridgehead atoms. The van der Waals surface area contributed by atoms with E-state index < -0.39 is 12.0 Å². The molecule has 0 spiro atoms. The summed E-state index contributed by atoms with van der Waals surface area (Å²) >= 11 is 0. The van der Waals surface area contributed by atoms with E-state index in [-0.39, 0.29) is 12.6 Å². The molecule has 1 atom stereocenters. The first-order valence-electron chi connectivity index (χ1n) is 7.46. The second kappa shape index (κ2) is 8.01. The molecule has 1 aromatic rings. The summed E-state index contributed by atoms with van der Waals surface area (Å²) in [5.74, 6) is 0.173. The van der Waals surface area contributed by atoms with Gasteiger partial charge < -0.3 is 20.1 Å². The molecule has 2 N–H and O–H groups in total. The van der Waals surface area contributed by atoms with Crippen molar-refractivity contribution in [1.82, 2.24) is 10.6 Å². The van der Waals surface area contributed by atoms with Gasteiger partial charge in [-0.05, 0) is 24.6 Å². The number of allylic oxidation sites excluding steroid dienone is 1. The van der Waals surface area contributed by atoms with Crippen molar-refractivity contribution in [2.75, 3.05) is 13.2 Å². The summed E-state index contributed by atoms with van der Waals surface area (Å²) in [6.07, 6.45) is 3.14. The van der Waals surface area contributed by atoms with Gasteiger partial charge in [-0.15, -0.1) is 0 Å².